The quantitative estimate of drug-likeness (QED) is 0.755. The van der Waals surface area contributed by atoms with Crippen LogP contribution in [-0.4, -0.2) is 49.0 Å². The first kappa shape index (κ1) is 13.9. The van der Waals surface area contributed by atoms with Crippen LogP contribution in [0.4, 0.5) is 0 Å². The average Bonchev–Trinajstić information content (AvgIpc) is 2.26. The molecule has 1 aliphatic heterocycles. The number of aliphatic hydroxyl groups excluding tert-OH is 1. The van der Waals surface area contributed by atoms with Gasteiger partial charge in [-0.1, -0.05) is 20.8 Å². The molecule has 1 fully saturated rings. The number of nitrogens with zero attached hydrogens (tertiary/aromatic N) is 1. The Hall–Kier alpha value is -0.120. The van der Waals surface area contributed by atoms with Gasteiger partial charge < -0.3 is 14.7 Å². The topological polar surface area (TPSA) is 32.7 Å². The number of aliphatic hydroxyl groups is 1. The van der Waals surface area contributed by atoms with Crippen LogP contribution in [0.3, 0.4) is 0 Å². The van der Waals surface area contributed by atoms with Crippen molar-refractivity contribution in [2.45, 2.75) is 46.1 Å². The average molecular weight is 229 g/mol. The van der Waals surface area contributed by atoms with Crippen molar-refractivity contribution in [3.05, 3.63) is 0 Å². The van der Waals surface area contributed by atoms with Gasteiger partial charge in [-0.3, -0.25) is 0 Å². The van der Waals surface area contributed by atoms with Crippen molar-refractivity contribution in [3.8, 4) is 0 Å². The summed E-state index contributed by atoms with van der Waals surface area (Å²) >= 11 is 0. The number of ether oxygens (including phenoxy) is 1. The Morgan fingerprint density at radius 1 is 1.44 bits per heavy atom. The van der Waals surface area contributed by atoms with E-state index in [1.807, 2.05) is 0 Å². The first-order chi connectivity index (χ1) is 7.57. The maximum Gasteiger partial charge on any atom is 0.0702 e. The molecule has 1 saturated heterocycles. The van der Waals surface area contributed by atoms with Crippen LogP contribution in [0, 0.1) is 5.41 Å². The van der Waals surface area contributed by atoms with Crippen LogP contribution in [0.5, 0.6) is 0 Å². The van der Waals surface area contributed by atoms with Gasteiger partial charge in [-0.05, 0) is 25.8 Å². The molecule has 0 aromatic carbocycles. The van der Waals surface area contributed by atoms with E-state index in [2.05, 4.69) is 25.7 Å². The number of rotatable bonds is 6. The number of hydrogen-bond donors (Lipinski definition) is 1. The summed E-state index contributed by atoms with van der Waals surface area (Å²) in [6.07, 6.45) is 3.91. The zero-order valence-electron chi connectivity index (χ0n) is 11.0. The molecule has 0 saturated carbocycles. The van der Waals surface area contributed by atoms with Gasteiger partial charge in [0, 0.05) is 31.7 Å². The second kappa shape index (κ2) is 6.58. The Morgan fingerprint density at radius 3 is 2.81 bits per heavy atom. The van der Waals surface area contributed by atoms with Crippen LogP contribution >= 0.6 is 0 Å². The lowest BCUT2D eigenvalue weighted by Gasteiger charge is -2.37. The molecule has 0 amide bonds. The van der Waals surface area contributed by atoms with Crippen molar-refractivity contribution in [2.75, 3.05) is 32.8 Å². The van der Waals surface area contributed by atoms with Crippen molar-refractivity contribution in [3.63, 3.8) is 0 Å². The second-order valence-electron chi connectivity index (χ2n) is 5.69. The van der Waals surface area contributed by atoms with Gasteiger partial charge in [0.1, 0.15) is 0 Å². The maximum atomic E-state index is 9.27. The Labute approximate surface area is 99.8 Å². The fourth-order valence-electron chi connectivity index (χ4n) is 2.23. The summed E-state index contributed by atoms with van der Waals surface area (Å²) in [5, 5.41) is 9.27. The van der Waals surface area contributed by atoms with Crippen LogP contribution in [0.1, 0.15) is 40.0 Å². The van der Waals surface area contributed by atoms with Crippen molar-refractivity contribution >= 4 is 0 Å². The Morgan fingerprint density at radius 2 is 2.19 bits per heavy atom. The summed E-state index contributed by atoms with van der Waals surface area (Å²) in [7, 11) is 0. The third kappa shape index (κ3) is 4.81. The molecule has 16 heavy (non-hydrogen) atoms. The van der Waals surface area contributed by atoms with Gasteiger partial charge >= 0.3 is 0 Å². The lowest BCUT2D eigenvalue weighted by Crippen LogP contribution is -2.45. The third-order valence-electron chi connectivity index (χ3n) is 3.10. The van der Waals surface area contributed by atoms with Crippen LogP contribution in [0.25, 0.3) is 0 Å². The first-order valence-corrected chi connectivity index (χ1v) is 6.52. The monoisotopic (exact) mass is 229 g/mol. The lowest BCUT2D eigenvalue weighted by atomic mass is 9.93. The zero-order chi connectivity index (χ0) is 12.0. The molecule has 1 aliphatic rings. The van der Waals surface area contributed by atoms with Crippen LogP contribution < -0.4 is 0 Å². The van der Waals surface area contributed by atoms with E-state index in [0.717, 1.165) is 32.7 Å². The number of hydrogen-bond acceptors (Lipinski definition) is 3. The molecule has 0 bridgehead atoms. The summed E-state index contributed by atoms with van der Waals surface area (Å²) in [4.78, 5) is 2.43. The molecule has 0 aliphatic carbocycles. The molecule has 3 nitrogen and oxygen atoms in total. The molecule has 1 rings (SSSR count). The molecule has 1 atom stereocenters. The van der Waals surface area contributed by atoms with Crippen molar-refractivity contribution in [1.29, 1.82) is 0 Å². The van der Waals surface area contributed by atoms with E-state index in [1.165, 1.54) is 12.8 Å². The molecule has 1 unspecified atom stereocenters. The second-order valence-corrected chi connectivity index (χ2v) is 5.69. The van der Waals surface area contributed by atoms with Crippen LogP contribution in [-0.2, 0) is 4.74 Å². The fraction of sp³-hybridized carbons (Fsp3) is 1.00. The van der Waals surface area contributed by atoms with Gasteiger partial charge in [0.15, 0.2) is 0 Å². The highest BCUT2D eigenvalue weighted by atomic mass is 16.5. The third-order valence-corrected chi connectivity index (χ3v) is 3.10. The van der Waals surface area contributed by atoms with Gasteiger partial charge in [0.2, 0.25) is 0 Å². The first-order valence-electron chi connectivity index (χ1n) is 6.52. The molecule has 0 aromatic heterocycles. The van der Waals surface area contributed by atoms with Crippen molar-refractivity contribution in [2.24, 2.45) is 5.41 Å². The summed E-state index contributed by atoms with van der Waals surface area (Å²) in [6.45, 7) is 10.7. The minimum absolute atomic E-state index is 0.00659. The molecule has 3 heteroatoms. The van der Waals surface area contributed by atoms with E-state index >= 15 is 0 Å². The molecular weight excluding hydrogens is 202 g/mol. The smallest absolute Gasteiger partial charge is 0.0702 e. The van der Waals surface area contributed by atoms with Gasteiger partial charge in [0.25, 0.3) is 0 Å². The number of piperidine rings is 1. The normalized spacial score (nSPS) is 23.6. The lowest BCUT2D eigenvalue weighted by molar-refractivity contribution is -0.0140. The van der Waals surface area contributed by atoms with Crippen molar-refractivity contribution in [1.82, 2.24) is 4.90 Å². The summed E-state index contributed by atoms with van der Waals surface area (Å²) in [5.41, 5.74) is 0.00659. The van der Waals surface area contributed by atoms with Crippen LogP contribution in [0.2, 0.25) is 0 Å². The van der Waals surface area contributed by atoms with E-state index in [0.29, 0.717) is 6.10 Å². The molecule has 1 N–H and O–H groups in total. The SMILES string of the molecule is CCCOC1CCCN(CC(C)(C)CO)C1. The van der Waals surface area contributed by atoms with Gasteiger partial charge in [0.05, 0.1) is 6.10 Å². The standard InChI is InChI=1S/C13H27NO2/c1-4-8-16-12-6-5-7-14(9-12)10-13(2,3)11-15/h12,15H,4-11H2,1-3H3. The summed E-state index contributed by atoms with van der Waals surface area (Å²) in [5.74, 6) is 0. The van der Waals surface area contributed by atoms with Gasteiger partial charge in [-0.2, -0.15) is 0 Å². The molecule has 0 aromatic rings. The highest BCUT2D eigenvalue weighted by molar-refractivity contribution is 4.79. The number of likely N-dealkylation sites (tertiary alicyclic amines) is 1. The van der Waals surface area contributed by atoms with E-state index in [1.54, 1.807) is 0 Å². The molecule has 0 spiro atoms. The highest BCUT2D eigenvalue weighted by Crippen LogP contribution is 2.20. The van der Waals surface area contributed by atoms with Crippen molar-refractivity contribution < 1.29 is 9.84 Å². The Balaban J connectivity index is 2.32. The molecule has 0 radical (unpaired) electrons. The van der Waals surface area contributed by atoms with E-state index < -0.39 is 0 Å². The van der Waals surface area contributed by atoms with E-state index in [-0.39, 0.29) is 12.0 Å². The fourth-order valence-corrected chi connectivity index (χ4v) is 2.23. The highest BCUT2D eigenvalue weighted by Gasteiger charge is 2.25. The molecule has 1 heterocycles. The summed E-state index contributed by atoms with van der Waals surface area (Å²) < 4.78 is 5.81. The Bertz CT molecular complexity index is 194. The summed E-state index contributed by atoms with van der Waals surface area (Å²) in [6, 6.07) is 0. The predicted octanol–water partition coefficient (Wildman–Crippen LogP) is 1.90. The molecule has 96 valence electrons. The maximum absolute atomic E-state index is 9.27. The molecular formula is C13H27NO2. The largest absolute Gasteiger partial charge is 0.396 e. The zero-order valence-corrected chi connectivity index (χ0v) is 11.0. The van der Waals surface area contributed by atoms with Crippen LogP contribution in [0.15, 0.2) is 0 Å². The van der Waals surface area contributed by atoms with Gasteiger partial charge in [-0.15, -0.1) is 0 Å². The van der Waals surface area contributed by atoms with E-state index in [4.69, 9.17) is 4.74 Å². The predicted molar refractivity (Wildman–Crippen MR) is 66.6 cm³/mol. The minimum Gasteiger partial charge on any atom is -0.396 e. The van der Waals surface area contributed by atoms with Gasteiger partial charge in [-0.25, -0.2) is 0 Å². The minimum atomic E-state index is 0.00659. The van der Waals surface area contributed by atoms with E-state index in [9.17, 15) is 5.11 Å². The Kier molecular flexibility index (Phi) is 5.73.